The van der Waals surface area contributed by atoms with Crippen LogP contribution in [0.5, 0.6) is 0 Å². The molecular weight excluding hydrogens is 402 g/mol. The second kappa shape index (κ2) is 8.99. The fraction of sp³-hybridized carbons (Fsp3) is 0.476. The Balaban J connectivity index is 1.56. The molecule has 0 unspecified atom stereocenters. The fourth-order valence-electron chi connectivity index (χ4n) is 3.69. The van der Waals surface area contributed by atoms with Gasteiger partial charge in [-0.2, -0.15) is 0 Å². The number of carbonyl (C=O) groups is 1. The van der Waals surface area contributed by atoms with Crippen molar-refractivity contribution in [3.8, 4) is 0 Å². The highest BCUT2D eigenvalue weighted by Gasteiger charge is 2.22. The quantitative estimate of drug-likeness (QED) is 0.466. The molecule has 0 spiro atoms. The van der Waals surface area contributed by atoms with Crippen molar-refractivity contribution in [3.05, 3.63) is 40.5 Å². The van der Waals surface area contributed by atoms with Crippen LogP contribution in [0, 0.1) is 0 Å². The first-order chi connectivity index (χ1) is 14.5. The van der Waals surface area contributed by atoms with Crippen molar-refractivity contribution >= 4 is 34.6 Å². The molecule has 0 bridgehead atoms. The molecule has 1 aliphatic carbocycles. The summed E-state index contributed by atoms with van der Waals surface area (Å²) >= 11 is 1.26. The monoisotopic (exact) mass is 427 g/mol. The van der Waals surface area contributed by atoms with Crippen LogP contribution in [-0.4, -0.2) is 31.4 Å². The molecule has 0 atom stereocenters. The van der Waals surface area contributed by atoms with Crippen LogP contribution in [0.4, 0.5) is 6.01 Å². The second-order valence-corrected chi connectivity index (χ2v) is 8.76. The first-order valence-electron chi connectivity index (χ1n) is 10.3. The number of amides is 1. The Labute approximate surface area is 178 Å². The summed E-state index contributed by atoms with van der Waals surface area (Å²) in [4.78, 5) is 30.4. The number of anilines is 1. The standard InChI is InChI=1S/C21H25N5O3S/c1-13(2)18-24-25-20(29-18)23-17(27)12-30-21-22-16-11-7-6-10-15(16)19(28)26(21)14-8-4-3-5-9-14/h6-7,10-11,13-14H,3-5,8-9,12H2,1-2H3,(H,23,25,27). The van der Waals surface area contributed by atoms with E-state index in [2.05, 4.69) is 15.5 Å². The fourth-order valence-corrected chi connectivity index (χ4v) is 4.56. The third kappa shape index (κ3) is 4.40. The first kappa shape index (κ1) is 20.6. The third-order valence-corrected chi connectivity index (χ3v) is 6.18. The van der Waals surface area contributed by atoms with Crippen molar-refractivity contribution < 1.29 is 9.21 Å². The van der Waals surface area contributed by atoms with Crippen molar-refractivity contribution in [2.24, 2.45) is 0 Å². The van der Waals surface area contributed by atoms with Crippen LogP contribution in [-0.2, 0) is 4.79 Å². The lowest BCUT2D eigenvalue weighted by molar-refractivity contribution is -0.113. The van der Waals surface area contributed by atoms with Crippen LogP contribution in [0.15, 0.2) is 38.6 Å². The van der Waals surface area contributed by atoms with E-state index in [1.54, 1.807) is 4.57 Å². The average Bonchev–Trinajstić information content (AvgIpc) is 3.22. The lowest BCUT2D eigenvalue weighted by Gasteiger charge is -2.26. The first-order valence-corrected chi connectivity index (χ1v) is 11.3. The summed E-state index contributed by atoms with van der Waals surface area (Å²) in [5.74, 6) is 0.373. The van der Waals surface area contributed by atoms with Gasteiger partial charge in [0.1, 0.15) is 0 Å². The molecule has 4 rings (SSSR count). The number of nitrogens with zero attached hydrogens (tertiary/aromatic N) is 4. The lowest BCUT2D eigenvalue weighted by Crippen LogP contribution is -2.29. The van der Waals surface area contributed by atoms with E-state index in [0.717, 1.165) is 25.7 Å². The molecule has 158 valence electrons. The number of para-hydroxylation sites is 1. The Morgan fingerprint density at radius 2 is 2.00 bits per heavy atom. The maximum Gasteiger partial charge on any atom is 0.322 e. The molecule has 0 radical (unpaired) electrons. The van der Waals surface area contributed by atoms with Gasteiger partial charge in [0.25, 0.3) is 5.56 Å². The Kier molecular flexibility index (Phi) is 6.17. The topological polar surface area (TPSA) is 103 Å². The highest BCUT2D eigenvalue weighted by atomic mass is 32.2. The number of thioether (sulfide) groups is 1. The van der Waals surface area contributed by atoms with Gasteiger partial charge in [-0.1, -0.05) is 62.1 Å². The Morgan fingerprint density at radius 1 is 1.23 bits per heavy atom. The van der Waals surface area contributed by atoms with Crippen molar-refractivity contribution in [2.75, 3.05) is 11.1 Å². The minimum atomic E-state index is -0.281. The van der Waals surface area contributed by atoms with Gasteiger partial charge in [-0.3, -0.25) is 19.5 Å². The van der Waals surface area contributed by atoms with E-state index >= 15 is 0 Å². The van der Waals surface area contributed by atoms with E-state index in [4.69, 9.17) is 9.40 Å². The zero-order valence-corrected chi connectivity index (χ0v) is 17.9. The summed E-state index contributed by atoms with van der Waals surface area (Å²) in [6.45, 7) is 3.87. The Bertz CT molecular complexity index is 1100. The molecule has 2 aromatic heterocycles. The Hall–Kier alpha value is -2.68. The number of fused-ring (bicyclic) bond motifs is 1. The van der Waals surface area contributed by atoms with Crippen molar-refractivity contribution in [3.63, 3.8) is 0 Å². The highest BCUT2D eigenvalue weighted by Crippen LogP contribution is 2.31. The molecule has 1 amide bonds. The number of benzene rings is 1. The largest absolute Gasteiger partial charge is 0.408 e. The molecule has 1 fully saturated rings. The molecule has 0 aliphatic heterocycles. The SMILES string of the molecule is CC(C)c1nnc(NC(=O)CSc2nc3ccccc3c(=O)n2C2CCCCC2)o1. The van der Waals surface area contributed by atoms with Crippen molar-refractivity contribution in [1.29, 1.82) is 0 Å². The second-order valence-electron chi connectivity index (χ2n) is 7.82. The lowest BCUT2D eigenvalue weighted by atomic mass is 9.95. The van der Waals surface area contributed by atoms with Gasteiger partial charge in [-0.25, -0.2) is 4.98 Å². The van der Waals surface area contributed by atoms with Crippen molar-refractivity contribution in [1.82, 2.24) is 19.7 Å². The van der Waals surface area contributed by atoms with E-state index < -0.39 is 0 Å². The van der Waals surface area contributed by atoms with Crippen LogP contribution < -0.4 is 10.9 Å². The molecule has 8 nitrogen and oxygen atoms in total. The number of carbonyl (C=O) groups excluding carboxylic acids is 1. The number of aromatic nitrogens is 4. The van der Waals surface area contributed by atoms with Crippen molar-refractivity contribution in [2.45, 2.75) is 63.1 Å². The zero-order chi connectivity index (χ0) is 21.1. The zero-order valence-electron chi connectivity index (χ0n) is 17.1. The summed E-state index contributed by atoms with van der Waals surface area (Å²) in [5.41, 5.74) is 0.616. The smallest absolute Gasteiger partial charge is 0.322 e. The van der Waals surface area contributed by atoms with Crippen LogP contribution >= 0.6 is 11.8 Å². The highest BCUT2D eigenvalue weighted by molar-refractivity contribution is 7.99. The van der Waals surface area contributed by atoms with E-state index in [1.807, 2.05) is 38.1 Å². The van der Waals surface area contributed by atoms with Gasteiger partial charge in [0.05, 0.1) is 16.7 Å². The normalized spacial score (nSPS) is 15.0. The van der Waals surface area contributed by atoms with Crippen LogP contribution in [0.25, 0.3) is 10.9 Å². The molecule has 0 saturated heterocycles. The third-order valence-electron chi connectivity index (χ3n) is 5.23. The molecule has 1 N–H and O–H groups in total. The van der Waals surface area contributed by atoms with Gasteiger partial charge in [0, 0.05) is 12.0 Å². The van der Waals surface area contributed by atoms with Gasteiger partial charge in [-0.05, 0) is 25.0 Å². The molecule has 1 aliphatic rings. The molecule has 1 aromatic carbocycles. The minimum Gasteiger partial charge on any atom is -0.408 e. The summed E-state index contributed by atoms with van der Waals surface area (Å²) in [6, 6.07) is 7.57. The molecular formula is C21H25N5O3S. The molecule has 9 heteroatoms. The van der Waals surface area contributed by atoms with Gasteiger partial charge in [-0.15, -0.1) is 5.10 Å². The predicted molar refractivity (Wildman–Crippen MR) is 116 cm³/mol. The predicted octanol–water partition coefficient (Wildman–Crippen LogP) is 4.14. The van der Waals surface area contributed by atoms with E-state index in [-0.39, 0.29) is 35.2 Å². The average molecular weight is 428 g/mol. The molecule has 30 heavy (non-hydrogen) atoms. The van der Waals surface area contributed by atoms with E-state index in [1.165, 1.54) is 18.2 Å². The maximum atomic E-state index is 13.2. The van der Waals surface area contributed by atoms with Crippen LogP contribution in [0.2, 0.25) is 0 Å². The van der Waals surface area contributed by atoms with E-state index in [0.29, 0.717) is 22.0 Å². The molecule has 1 saturated carbocycles. The van der Waals surface area contributed by atoms with Crippen LogP contribution in [0.3, 0.4) is 0 Å². The Morgan fingerprint density at radius 3 is 2.73 bits per heavy atom. The van der Waals surface area contributed by atoms with E-state index in [9.17, 15) is 9.59 Å². The van der Waals surface area contributed by atoms with Gasteiger partial charge in [0.2, 0.25) is 11.8 Å². The van der Waals surface area contributed by atoms with Crippen LogP contribution in [0.1, 0.15) is 63.8 Å². The summed E-state index contributed by atoms with van der Waals surface area (Å²) in [7, 11) is 0. The minimum absolute atomic E-state index is 0.0334. The summed E-state index contributed by atoms with van der Waals surface area (Å²) in [5, 5.41) is 11.6. The molecule has 2 heterocycles. The van der Waals surface area contributed by atoms with Gasteiger partial charge >= 0.3 is 6.01 Å². The molecule has 3 aromatic rings. The van der Waals surface area contributed by atoms with Gasteiger partial charge < -0.3 is 4.42 Å². The van der Waals surface area contributed by atoms with Gasteiger partial charge in [0.15, 0.2) is 5.16 Å². The summed E-state index contributed by atoms with van der Waals surface area (Å²) in [6.07, 6.45) is 5.31. The number of nitrogens with one attached hydrogen (secondary N) is 1. The number of hydrogen-bond donors (Lipinski definition) is 1. The maximum absolute atomic E-state index is 13.2. The summed E-state index contributed by atoms with van der Waals surface area (Å²) < 4.78 is 7.22. The number of hydrogen-bond acceptors (Lipinski definition) is 7. The number of rotatable bonds is 6.